The Balaban J connectivity index is 2.04. The molecule has 2 nitrogen and oxygen atoms in total. The monoisotopic (exact) mass is 294 g/mol. The van der Waals surface area contributed by atoms with Crippen molar-refractivity contribution in [1.82, 2.24) is 0 Å². The van der Waals surface area contributed by atoms with E-state index in [1.54, 1.807) is 12.1 Å². The molecule has 0 atom stereocenters. The summed E-state index contributed by atoms with van der Waals surface area (Å²) >= 11 is 0. The number of benzene rings is 3. The molecule has 0 fully saturated rings. The van der Waals surface area contributed by atoms with Crippen molar-refractivity contribution in [2.75, 3.05) is 0 Å². The molecule has 0 saturated heterocycles. The van der Waals surface area contributed by atoms with Crippen molar-refractivity contribution in [3.05, 3.63) is 82.4 Å². The minimum Gasteiger partial charge on any atom is -0.289 e. The van der Waals surface area contributed by atoms with Crippen LogP contribution in [0.3, 0.4) is 0 Å². The SMILES string of the molecule is O=C1c2cc(F)ccc2C(=O)c2cc3cc(F)ccc3cc21. The number of hydrogen-bond acceptors (Lipinski definition) is 2. The summed E-state index contributed by atoms with van der Waals surface area (Å²) in [6.45, 7) is 0. The smallest absolute Gasteiger partial charge is 0.194 e. The second kappa shape index (κ2) is 4.31. The summed E-state index contributed by atoms with van der Waals surface area (Å²) in [7, 11) is 0. The van der Waals surface area contributed by atoms with Crippen LogP contribution in [0.1, 0.15) is 31.8 Å². The normalized spacial score (nSPS) is 13.2. The largest absolute Gasteiger partial charge is 0.289 e. The number of halogens is 2. The summed E-state index contributed by atoms with van der Waals surface area (Å²) in [5.41, 5.74) is 0.693. The van der Waals surface area contributed by atoms with Crippen LogP contribution in [0, 0.1) is 11.6 Å². The summed E-state index contributed by atoms with van der Waals surface area (Å²) in [6.07, 6.45) is 0. The molecule has 1 aliphatic rings. The molecular formula is C18H8F2O2. The average molecular weight is 294 g/mol. The molecule has 0 unspecified atom stereocenters. The molecule has 0 saturated carbocycles. The van der Waals surface area contributed by atoms with Gasteiger partial charge in [0.25, 0.3) is 0 Å². The summed E-state index contributed by atoms with van der Waals surface area (Å²) in [6, 6.07) is 10.7. The minimum atomic E-state index is -0.564. The number of fused-ring (bicyclic) bond motifs is 3. The molecule has 0 bridgehead atoms. The topological polar surface area (TPSA) is 34.1 Å². The van der Waals surface area contributed by atoms with Gasteiger partial charge in [0, 0.05) is 22.3 Å². The van der Waals surface area contributed by atoms with E-state index in [1.165, 1.54) is 24.3 Å². The third-order valence-corrected chi connectivity index (χ3v) is 3.90. The van der Waals surface area contributed by atoms with Gasteiger partial charge in [-0.05, 0) is 53.2 Å². The maximum Gasteiger partial charge on any atom is 0.194 e. The molecule has 1 aliphatic carbocycles. The maximum absolute atomic E-state index is 13.4. The predicted octanol–water partition coefficient (Wildman–Crippen LogP) is 3.89. The molecule has 0 N–H and O–H groups in total. The Hall–Kier alpha value is -2.88. The molecule has 0 amide bonds. The standard InChI is InChI=1S/C18H8F2O2/c19-11-2-1-9-6-14-15(7-10(9)5-11)17(21)13-4-3-12(20)8-16(13)18(14)22/h1-8H. The lowest BCUT2D eigenvalue weighted by Crippen LogP contribution is -2.21. The van der Waals surface area contributed by atoms with E-state index in [0.717, 1.165) is 12.1 Å². The van der Waals surface area contributed by atoms with E-state index in [-0.39, 0.29) is 28.0 Å². The molecule has 0 heterocycles. The molecule has 0 radical (unpaired) electrons. The zero-order valence-electron chi connectivity index (χ0n) is 11.2. The van der Waals surface area contributed by atoms with Gasteiger partial charge >= 0.3 is 0 Å². The van der Waals surface area contributed by atoms with Crippen LogP contribution in [0.15, 0.2) is 48.5 Å². The molecule has 106 valence electrons. The van der Waals surface area contributed by atoms with Gasteiger partial charge in [0.15, 0.2) is 11.6 Å². The quantitative estimate of drug-likeness (QED) is 0.493. The van der Waals surface area contributed by atoms with Crippen molar-refractivity contribution in [3.63, 3.8) is 0 Å². The minimum absolute atomic E-state index is 0.0685. The highest BCUT2D eigenvalue weighted by Crippen LogP contribution is 2.31. The van der Waals surface area contributed by atoms with E-state index in [0.29, 0.717) is 10.8 Å². The van der Waals surface area contributed by atoms with Gasteiger partial charge in [-0.15, -0.1) is 0 Å². The number of carbonyl (C=O) groups is 2. The van der Waals surface area contributed by atoms with Crippen LogP contribution in [0.25, 0.3) is 10.8 Å². The first-order chi connectivity index (χ1) is 10.5. The molecule has 3 aromatic carbocycles. The molecular weight excluding hydrogens is 286 g/mol. The third-order valence-electron chi connectivity index (χ3n) is 3.90. The Morgan fingerprint density at radius 3 is 1.86 bits per heavy atom. The second-order valence-electron chi connectivity index (χ2n) is 5.24. The highest BCUT2D eigenvalue weighted by atomic mass is 19.1. The fourth-order valence-corrected chi connectivity index (χ4v) is 2.84. The Morgan fingerprint density at radius 2 is 1.09 bits per heavy atom. The van der Waals surface area contributed by atoms with E-state index in [4.69, 9.17) is 0 Å². The van der Waals surface area contributed by atoms with Crippen molar-refractivity contribution in [1.29, 1.82) is 0 Å². The summed E-state index contributed by atoms with van der Waals surface area (Å²) in [5, 5.41) is 1.20. The zero-order chi connectivity index (χ0) is 15.4. The zero-order valence-corrected chi connectivity index (χ0v) is 11.2. The van der Waals surface area contributed by atoms with Crippen molar-refractivity contribution in [2.45, 2.75) is 0 Å². The Labute approximate surface area is 124 Å². The summed E-state index contributed by atoms with van der Waals surface area (Å²) < 4.78 is 26.7. The Kier molecular flexibility index (Phi) is 2.51. The van der Waals surface area contributed by atoms with Crippen molar-refractivity contribution < 1.29 is 18.4 Å². The Morgan fingerprint density at radius 1 is 0.545 bits per heavy atom. The van der Waals surface area contributed by atoms with Crippen LogP contribution < -0.4 is 0 Å². The molecule has 4 rings (SSSR count). The fraction of sp³-hybridized carbons (Fsp3) is 0. The van der Waals surface area contributed by atoms with Crippen LogP contribution in [-0.4, -0.2) is 11.6 Å². The first-order valence-electron chi connectivity index (χ1n) is 6.67. The van der Waals surface area contributed by atoms with Crippen LogP contribution in [0.2, 0.25) is 0 Å². The van der Waals surface area contributed by atoms with Crippen LogP contribution >= 0.6 is 0 Å². The van der Waals surface area contributed by atoms with Gasteiger partial charge in [-0.25, -0.2) is 8.78 Å². The second-order valence-corrected chi connectivity index (χ2v) is 5.24. The highest BCUT2D eigenvalue weighted by Gasteiger charge is 2.30. The van der Waals surface area contributed by atoms with Gasteiger partial charge in [0.2, 0.25) is 0 Å². The fourth-order valence-electron chi connectivity index (χ4n) is 2.84. The number of hydrogen-bond donors (Lipinski definition) is 0. The van der Waals surface area contributed by atoms with Crippen LogP contribution in [0.5, 0.6) is 0 Å². The van der Waals surface area contributed by atoms with E-state index >= 15 is 0 Å². The van der Waals surface area contributed by atoms with Gasteiger partial charge in [-0.2, -0.15) is 0 Å². The predicted molar refractivity (Wildman–Crippen MR) is 77.2 cm³/mol. The van der Waals surface area contributed by atoms with Gasteiger partial charge in [0.05, 0.1) is 0 Å². The van der Waals surface area contributed by atoms with Gasteiger partial charge < -0.3 is 0 Å². The van der Waals surface area contributed by atoms with Crippen molar-refractivity contribution >= 4 is 22.3 Å². The Bertz CT molecular complexity index is 990. The summed E-state index contributed by atoms with van der Waals surface area (Å²) in [5.74, 6) is -1.72. The van der Waals surface area contributed by atoms with Crippen LogP contribution in [0.4, 0.5) is 8.78 Å². The van der Waals surface area contributed by atoms with E-state index in [2.05, 4.69) is 0 Å². The van der Waals surface area contributed by atoms with Crippen molar-refractivity contribution in [3.8, 4) is 0 Å². The van der Waals surface area contributed by atoms with Gasteiger partial charge in [0.1, 0.15) is 11.6 Å². The number of rotatable bonds is 0. The summed E-state index contributed by atoms with van der Waals surface area (Å²) in [4.78, 5) is 25.0. The lowest BCUT2D eigenvalue weighted by molar-refractivity contribution is 0.0979. The van der Waals surface area contributed by atoms with Gasteiger partial charge in [-0.1, -0.05) is 6.07 Å². The average Bonchev–Trinajstić information content (AvgIpc) is 2.51. The van der Waals surface area contributed by atoms with Crippen molar-refractivity contribution in [2.24, 2.45) is 0 Å². The highest BCUT2D eigenvalue weighted by molar-refractivity contribution is 6.29. The van der Waals surface area contributed by atoms with E-state index in [9.17, 15) is 18.4 Å². The maximum atomic E-state index is 13.4. The molecule has 3 aromatic rings. The van der Waals surface area contributed by atoms with Crippen LogP contribution in [-0.2, 0) is 0 Å². The first-order valence-corrected chi connectivity index (χ1v) is 6.67. The molecule has 22 heavy (non-hydrogen) atoms. The lowest BCUT2D eigenvalue weighted by atomic mass is 9.83. The first kappa shape index (κ1) is 12.8. The van der Waals surface area contributed by atoms with Gasteiger partial charge in [-0.3, -0.25) is 9.59 Å². The number of ketones is 2. The molecule has 4 heteroatoms. The molecule has 0 aliphatic heterocycles. The third kappa shape index (κ3) is 1.70. The molecule has 0 aromatic heterocycles. The lowest BCUT2D eigenvalue weighted by Gasteiger charge is -2.18. The number of carbonyl (C=O) groups excluding carboxylic acids is 2. The van der Waals surface area contributed by atoms with E-state index < -0.39 is 17.4 Å². The van der Waals surface area contributed by atoms with E-state index in [1.807, 2.05) is 0 Å². The molecule has 0 spiro atoms.